The van der Waals surface area contributed by atoms with Crippen LogP contribution in [0.4, 0.5) is 0 Å². The molecule has 5 N–H and O–H groups in total. The van der Waals surface area contributed by atoms with Gasteiger partial charge in [-0.05, 0) is 52.4 Å². The zero-order valence-corrected chi connectivity index (χ0v) is 24.4. The van der Waals surface area contributed by atoms with Crippen molar-refractivity contribution in [3.8, 4) is 22.3 Å². The minimum absolute atomic E-state index is 0.159. The number of aromatic nitrogens is 1. The molecule has 0 saturated carbocycles. The Morgan fingerprint density at radius 2 is 1.25 bits per heavy atom. The van der Waals surface area contributed by atoms with E-state index >= 15 is 0 Å². The van der Waals surface area contributed by atoms with Gasteiger partial charge in [0.2, 0.25) is 6.41 Å². The molecule has 0 spiro atoms. The minimum Gasteiger partial charge on any atom is -0.372 e. The first-order chi connectivity index (χ1) is 19.3. The lowest BCUT2D eigenvalue weighted by Crippen LogP contribution is -2.10. The summed E-state index contributed by atoms with van der Waals surface area (Å²) in [6.07, 6.45) is 0.250. The van der Waals surface area contributed by atoms with Crippen molar-refractivity contribution in [3.63, 3.8) is 0 Å². The van der Waals surface area contributed by atoms with E-state index in [9.17, 15) is 0 Å². The zero-order valence-electron chi connectivity index (χ0n) is 24.4. The Hall–Kier alpha value is -4.41. The molecule has 208 valence electrons. The number of nitrogens with one attached hydrogen (secondary N) is 1. The second-order valence-electron chi connectivity index (χ2n) is 10.1. The van der Waals surface area contributed by atoms with Crippen LogP contribution in [0.5, 0.6) is 0 Å². The van der Waals surface area contributed by atoms with Gasteiger partial charge in [-0.15, -0.1) is 13.2 Å². The maximum atomic E-state index is 8.58. The van der Waals surface area contributed by atoms with Crippen LogP contribution in [0, 0.1) is 0 Å². The Morgan fingerprint density at radius 3 is 1.77 bits per heavy atom. The third kappa shape index (κ3) is 7.58. The van der Waals surface area contributed by atoms with Crippen molar-refractivity contribution < 1.29 is 4.79 Å². The molecule has 5 rings (SSSR count). The molecule has 0 radical (unpaired) electrons. The van der Waals surface area contributed by atoms with Crippen molar-refractivity contribution in [1.82, 2.24) is 4.98 Å². The molecule has 1 heterocycles. The van der Waals surface area contributed by atoms with Crippen molar-refractivity contribution in [3.05, 3.63) is 133 Å². The SMILES string of the molecule is C=C.CC(c1ccccc1)c1[nH]c2ccc(-c3ccc(C(C)(C)C)cc3)cc2c1-c1ccccc1.CN.NC=O. The van der Waals surface area contributed by atoms with Gasteiger partial charge in [-0.25, -0.2) is 0 Å². The standard InChI is InChI=1S/C32H31N.C2H4.CH3NO.CH5N/c1-22(23-11-7-5-8-12-23)31-30(25-13-9-6-10-14-25)28-21-26(17-20-29(28)33-31)24-15-18-27(19-16-24)32(2,3)4;1-2;2-1-3;1-2/h5-22,33H,1-4H3;1-2H2;1H,(H2,2,3);2H2,1H3. The average molecular weight is 534 g/mol. The van der Waals surface area contributed by atoms with Crippen molar-refractivity contribution in [2.24, 2.45) is 11.5 Å². The third-order valence-electron chi connectivity index (χ3n) is 6.71. The summed E-state index contributed by atoms with van der Waals surface area (Å²) in [4.78, 5) is 12.4. The van der Waals surface area contributed by atoms with Gasteiger partial charge in [0.15, 0.2) is 0 Å². The van der Waals surface area contributed by atoms with E-state index < -0.39 is 0 Å². The predicted molar refractivity (Wildman–Crippen MR) is 173 cm³/mol. The third-order valence-corrected chi connectivity index (χ3v) is 6.71. The molecular formula is C36H43N3O. The lowest BCUT2D eigenvalue weighted by Gasteiger charge is -2.19. The van der Waals surface area contributed by atoms with Crippen LogP contribution in [0.15, 0.2) is 116 Å². The Morgan fingerprint density at radius 1 is 0.750 bits per heavy atom. The maximum Gasteiger partial charge on any atom is 0.204 e. The first kappa shape index (κ1) is 31.8. The number of hydrogen-bond acceptors (Lipinski definition) is 2. The molecule has 0 fully saturated rings. The summed E-state index contributed by atoms with van der Waals surface area (Å²) < 4.78 is 0. The van der Waals surface area contributed by atoms with Crippen LogP contribution >= 0.6 is 0 Å². The summed E-state index contributed by atoms with van der Waals surface area (Å²) in [6.45, 7) is 15.1. The van der Waals surface area contributed by atoms with Gasteiger partial charge in [0.05, 0.1) is 0 Å². The van der Waals surface area contributed by atoms with Gasteiger partial charge in [0.25, 0.3) is 0 Å². The number of H-pyrrole nitrogens is 1. The Kier molecular flexibility index (Phi) is 12.1. The fourth-order valence-corrected chi connectivity index (χ4v) is 4.70. The summed E-state index contributed by atoms with van der Waals surface area (Å²) >= 11 is 0. The summed E-state index contributed by atoms with van der Waals surface area (Å²) in [5.41, 5.74) is 19.0. The molecule has 4 aromatic carbocycles. The van der Waals surface area contributed by atoms with Crippen LogP contribution in [-0.4, -0.2) is 18.4 Å². The average Bonchev–Trinajstić information content (AvgIpc) is 3.38. The smallest absolute Gasteiger partial charge is 0.204 e. The van der Waals surface area contributed by atoms with E-state index in [0.717, 1.165) is 0 Å². The van der Waals surface area contributed by atoms with Crippen molar-refractivity contribution in [2.75, 3.05) is 7.05 Å². The fraction of sp³-hybridized carbons (Fsp3) is 0.194. The zero-order chi connectivity index (χ0) is 29.7. The highest BCUT2D eigenvalue weighted by molar-refractivity contribution is 6.00. The number of carbonyl (C=O) groups excluding carboxylic acids is 1. The van der Waals surface area contributed by atoms with E-state index in [1.54, 1.807) is 0 Å². The van der Waals surface area contributed by atoms with Crippen molar-refractivity contribution >= 4 is 17.3 Å². The Balaban J connectivity index is 0.000000737. The largest absolute Gasteiger partial charge is 0.372 e. The Bertz CT molecular complexity index is 1450. The molecule has 1 atom stereocenters. The number of primary amides is 1. The summed E-state index contributed by atoms with van der Waals surface area (Å²) in [5, 5.41) is 1.27. The molecule has 0 aliphatic rings. The molecule has 5 aromatic rings. The molecule has 0 aliphatic heterocycles. The van der Waals surface area contributed by atoms with E-state index in [-0.39, 0.29) is 17.7 Å². The molecule has 0 aliphatic carbocycles. The highest BCUT2D eigenvalue weighted by Crippen LogP contribution is 2.40. The minimum atomic E-state index is 0.159. The molecular weight excluding hydrogens is 490 g/mol. The summed E-state index contributed by atoms with van der Waals surface area (Å²) in [7, 11) is 1.50. The molecule has 0 saturated heterocycles. The number of hydrogen-bond donors (Lipinski definition) is 3. The Labute approximate surface area is 239 Å². The quantitative estimate of drug-likeness (QED) is 0.160. The second kappa shape index (κ2) is 15.2. The highest BCUT2D eigenvalue weighted by Gasteiger charge is 2.20. The topological polar surface area (TPSA) is 84.9 Å². The number of carbonyl (C=O) groups is 1. The lowest BCUT2D eigenvalue weighted by atomic mass is 9.86. The number of amides is 1. The number of nitrogens with two attached hydrogens (primary N) is 2. The van der Waals surface area contributed by atoms with E-state index in [0.29, 0.717) is 0 Å². The van der Waals surface area contributed by atoms with E-state index in [1.807, 2.05) is 0 Å². The second-order valence-corrected chi connectivity index (χ2v) is 10.1. The van der Waals surface area contributed by atoms with E-state index in [1.165, 1.54) is 57.0 Å². The van der Waals surface area contributed by atoms with Crippen molar-refractivity contribution in [1.29, 1.82) is 0 Å². The van der Waals surface area contributed by atoms with Gasteiger partial charge in [-0.1, -0.05) is 119 Å². The lowest BCUT2D eigenvalue weighted by molar-refractivity contribution is -0.106. The van der Waals surface area contributed by atoms with Crippen LogP contribution in [0.3, 0.4) is 0 Å². The normalized spacial score (nSPS) is 11.1. The summed E-state index contributed by atoms with van der Waals surface area (Å²) in [6, 6.07) is 37.4. The van der Waals surface area contributed by atoms with Gasteiger partial charge in [-0.3, -0.25) is 4.79 Å². The molecule has 1 unspecified atom stereocenters. The summed E-state index contributed by atoms with van der Waals surface area (Å²) in [5.74, 6) is 0.267. The molecule has 4 nitrogen and oxygen atoms in total. The van der Waals surface area contributed by atoms with Crippen molar-refractivity contribution in [2.45, 2.75) is 39.0 Å². The van der Waals surface area contributed by atoms with Gasteiger partial charge in [0.1, 0.15) is 0 Å². The fourth-order valence-electron chi connectivity index (χ4n) is 4.70. The highest BCUT2D eigenvalue weighted by atomic mass is 16.1. The number of aromatic amines is 1. The van der Waals surface area contributed by atoms with E-state index in [2.05, 4.69) is 160 Å². The predicted octanol–water partition coefficient (Wildman–Crippen LogP) is 8.43. The number of rotatable bonds is 4. The van der Waals surface area contributed by atoms with Crippen LogP contribution in [-0.2, 0) is 10.2 Å². The maximum absolute atomic E-state index is 8.58. The van der Waals surface area contributed by atoms with Gasteiger partial charge < -0.3 is 16.5 Å². The van der Waals surface area contributed by atoms with Crippen LogP contribution < -0.4 is 11.5 Å². The van der Waals surface area contributed by atoms with Crippen LogP contribution in [0.1, 0.15) is 50.4 Å². The number of benzene rings is 4. The van der Waals surface area contributed by atoms with Gasteiger partial charge in [0, 0.05) is 28.1 Å². The van der Waals surface area contributed by atoms with E-state index in [4.69, 9.17) is 4.79 Å². The first-order valence-electron chi connectivity index (χ1n) is 13.4. The monoisotopic (exact) mass is 533 g/mol. The molecule has 1 amide bonds. The molecule has 4 heteroatoms. The van der Waals surface area contributed by atoms with Gasteiger partial charge >= 0.3 is 0 Å². The molecule has 40 heavy (non-hydrogen) atoms. The molecule has 0 bridgehead atoms. The number of fused-ring (bicyclic) bond motifs is 1. The van der Waals surface area contributed by atoms with Crippen LogP contribution in [0.2, 0.25) is 0 Å². The first-order valence-corrected chi connectivity index (χ1v) is 13.4. The van der Waals surface area contributed by atoms with Gasteiger partial charge in [-0.2, -0.15) is 0 Å². The molecule has 1 aromatic heterocycles. The van der Waals surface area contributed by atoms with Crippen LogP contribution in [0.25, 0.3) is 33.2 Å².